The predicted molar refractivity (Wildman–Crippen MR) is 43.6 cm³/mol. The monoisotopic (exact) mass is 168 g/mol. The second kappa shape index (κ2) is 2.30. The summed E-state index contributed by atoms with van der Waals surface area (Å²) in [6.45, 7) is 0. The maximum absolute atomic E-state index is 5.56. The quantitative estimate of drug-likeness (QED) is 0.465. The van der Waals surface area contributed by atoms with Gasteiger partial charge in [0.05, 0.1) is 0 Å². The smallest absolute Gasteiger partial charge is 0.188 e. The van der Waals surface area contributed by atoms with Gasteiger partial charge in [0, 0.05) is 11.4 Å². The Labute approximate surface area is 67.4 Å². The summed E-state index contributed by atoms with van der Waals surface area (Å²) in [5.41, 5.74) is 5.56. The number of hydrogen-bond acceptors (Lipinski definition) is 5. The fraction of sp³-hybridized carbons (Fsp3) is 0.167. The Kier molecular flexibility index (Phi) is 1.42. The third-order valence-electron chi connectivity index (χ3n) is 1.52. The standard InChI is InChI=1S/C6H8N4S/c7-6-9-5-4(1-2-11-5)3-10(6)8/h1-3,6H,7-8H2. The molecule has 1 aromatic rings. The fourth-order valence-corrected chi connectivity index (χ4v) is 1.71. The average Bonchev–Trinajstić information content (AvgIpc) is 2.36. The average molecular weight is 168 g/mol. The van der Waals surface area contributed by atoms with Crippen molar-refractivity contribution in [2.75, 3.05) is 0 Å². The number of rotatable bonds is 0. The number of thiophene rings is 1. The van der Waals surface area contributed by atoms with E-state index < -0.39 is 6.29 Å². The SMILES string of the molecule is NC1N=c2sccc2=CN1N. The molecular formula is C6H8N4S. The molecule has 4 nitrogen and oxygen atoms in total. The van der Waals surface area contributed by atoms with Gasteiger partial charge in [0.2, 0.25) is 0 Å². The zero-order valence-corrected chi connectivity index (χ0v) is 6.58. The van der Waals surface area contributed by atoms with Crippen LogP contribution >= 0.6 is 11.3 Å². The summed E-state index contributed by atoms with van der Waals surface area (Å²) in [4.78, 5) is 4.15. The summed E-state index contributed by atoms with van der Waals surface area (Å²) < 4.78 is 0.958. The maximum atomic E-state index is 5.56. The molecule has 58 valence electrons. The maximum Gasteiger partial charge on any atom is 0.188 e. The van der Waals surface area contributed by atoms with Crippen LogP contribution in [0.1, 0.15) is 0 Å². The Balaban J connectivity index is 2.69. The van der Waals surface area contributed by atoms with E-state index in [1.165, 1.54) is 5.01 Å². The summed E-state index contributed by atoms with van der Waals surface area (Å²) in [5, 5.41) is 4.41. The van der Waals surface area contributed by atoms with Crippen LogP contribution in [0.4, 0.5) is 0 Å². The van der Waals surface area contributed by atoms with E-state index in [2.05, 4.69) is 4.99 Å². The molecule has 2 rings (SSSR count). The predicted octanol–water partition coefficient (Wildman–Crippen LogP) is -1.46. The van der Waals surface area contributed by atoms with E-state index in [1.54, 1.807) is 17.5 Å². The molecule has 0 saturated heterocycles. The van der Waals surface area contributed by atoms with Gasteiger partial charge in [-0.15, -0.1) is 11.3 Å². The van der Waals surface area contributed by atoms with Gasteiger partial charge in [-0.05, 0) is 11.4 Å². The van der Waals surface area contributed by atoms with Crippen LogP contribution in [0.15, 0.2) is 16.4 Å². The van der Waals surface area contributed by atoms with Crippen LogP contribution in [0, 0.1) is 0 Å². The highest BCUT2D eigenvalue weighted by molar-refractivity contribution is 7.07. The molecule has 0 aliphatic carbocycles. The van der Waals surface area contributed by atoms with Gasteiger partial charge in [0.1, 0.15) is 4.67 Å². The summed E-state index contributed by atoms with van der Waals surface area (Å²) in [5.74, 6) is 5.52. The zero-order valence-electron chi connectivity index (χ0n) is 5.77. The van der Waals surface area contributed by atoms with Gasteiger partial charge >= 0.3 is 0 Å². The number of nitrogens with two attached hydrogens (primary N) is 2. The van der Waals surface area contributed by atoms with Crippen molar-refractivity contribution in [3.8, 4) is 0 Å². The lowest BCUT2D eigenvalue weighted by Gasteiger charge is -2.19. The van der Waals surface area contributed by atoms with Crippen LogP contribution < -0.4 is 21.5 Å². The summed E-state index contributed by atoms with van der Waals surface area (Å²) in [6.07, 6.45) is 1.37. The molecule has 5 heteroatoms. The van der Waals surface area contributed by atoms with Gasteiger partial charge < -0.3 is 0 Å². The van der Waals surface area contributed by atoms with Crippen molar-refractivity contribution in [3.63, 3.8) is 0 Å². The van der Waals surface area contributed by atoms with Crippen molar-refractivity contribution in [1.29, 1.82) is 0 Å². The molecule has 0 bridgehead atoms. The normalized spacial score (nSPS) is 22.0. The molecular weight excluding hydrogens is 160 g/mol. The Morgan fingerprint density at radius 1 is 1.64 bits per heavy atom. The highest BCUT2D eigenvalue weighted by Gasteiger charge is 2.08. The molecule has 1 aliphatic rings. The fourth-order valence-electron chi connectivity index (χ4n) is 0.938. The van der Waals surface area contributed by atoms with E-state index in [4.69, 9.17) is 11.6 Å². The van der Waals surface area contributed by atoms with Gasteiger partial charge in [-0.25, -0.2) is 10.8 Å². The summed E-state index contributed by atoms with van der Waals surface area (Å²) in [7, 11) is 0. The van der Waals surface area contributed by atoms with Crippen LogP contribution in [0.5, 0.6) is 0 Å². The zero-order chi connectivity index (χ0) is 7.84. The molecule has 0 amide bonds. The van der Waals surface area contributed by atoms with E-state index in [0.29, 0.717) is 0 Å². The lowest BCUT2D eigenvalue weighted by atomic mass is 10.4. The van der Waals surface area contributed by atoms with Crippen LogP contribution in [0.25, 0.3) is 6.20 Å². The van der Waals surface area contributed by atoms with Crippen LogP contribution in [0.3, 0.4) is 0 Å². The molecule has 1 unspecified atom stereocenters. The minimum atomic E-state index is -0.429. The molecule has 11 heavy (non-hydrogen) atoms. The molecule has 0 saturated carbocycles. The second-order valence-corrected chi connectivity index (χ2v) is 3.19. The van der Waals surface area contributed by atoms with Crippen molar-refractivity contribution >= 4 is 17.5 Å². The first-order chi connectivity index (χ1) is 5.27. The first-order valence-electron chi connectivity index (χ1n) is 3.19. The Hall–Kier alpha value is -0.910. The van der Waals surface area contributed by atoms with Crippen LogP contribution in [0.2, 0.25) is 0 Å². The van der Waals surface area contributed by atoms with Gasteiger partial charge in [0.15, 0.2) is 6.29 Å². The molecule has 1 aromatic heterocycles. The lowest BCUT2D eigenvalue weighted by molar-refractivity contribution is 0.319. The number of hydrogen-bond donors (Lipinski definition) is 2. The lowest BCUT2D eigenvalue weighted by Crippen LogP contribution is -2.48. The van der Waals surface area contributed by atoms with Crippen molar-refractivity contribution in [1.82, 2.24) is 5.01 Å². The number of nitrogens with zero attached hydrogens (tertiary/aromatic N) is 2. The molecule has 0 spiro atoms. The van der Waals surface area contributed by atoms with Crippen molar-refractivity contribution in [2.45, 2.75) is 6.29 Å². The second-order valence-electron chi connectivity index (χ2n) is 2.30. The van der Waals surface area contributed by atoms with Crippen molar-refractivity contribution in [3.05, 3.63) is 21.3 Å². The van der Waals surface area contributed by atoms with E-state index >= 15 is 0 Å². The van der Waals surface area contributed by atoms with E-state index in [0.717, 1.165) is 9.89 Å². The van der Waals surface area contributed by atoms with Gasteiger partial charge in [-0.1, -0.05) is 0 Å². The highest BCUT2D eigenvalue weighted by Crippen LogP contribution is 1.92. The summed E-state index contributed by atoms with van der Waals surface area (Å²) >= 11 is 1.57. The minimum Gasteiger partial charge on any atom is -0.291 e. The first-order valence-corrected chi connectivity index (χ1v) is 4.07. The molecule has 1 aliphatic heterocycles. The number of hydrazine groups is 1. The molecule has 0 aromatic carbocycles. The third kappa shape index (κ3) is 1.03. The largest absolute Gasteiger partial charge is 0.291 e. The van der Waals surface area contributed by atoms with E-state index in [-0.39, 0.29) is 0 Å². The Morgan fingerprint density at radius 2 is 2.45 bits per heavy atom. The summed E-state index contributed by atoms with van der Waals surface area (Å²) in [6, 6.07) is 1.97. The Morgan fingerprint density at radius 3 is 3.27 bits per heavy atom. The Bertz CT molecular complexity index is 334. The molecule has 1 atom stereocenters. The molecule has 0 fully saturated rings. The topological polar surface area (TPSA) is 67.6 Å². The van der Waals surface area contributed by atoms with Crippen molar-refractivity contribution < 1.29 is 0 Å². The van der Waals surface area contributed by atoms with E-state index in [1.807, 2.05) is 11.4 Å². The minimum absolute atomic E-state index is 0.429. The third-order valence-corrected chi connectivity index (χ3v) is 2.35. The molecule has 2 heterocycles. The van der Waals surface area contributed by atoms with Crippen LogP contribution in [-0.4, -0.2) is 11.3 Å². The highest BCUT2D eigenvalue weighted by atomic mass is 32.1. The molecule has 4 N–H and O–H groups in total. The van der Waals surface area contributed by atoms with Crippen LogP contribution in [-0.2, 0) is 0 Å². The van der Waals surface area contributed by atoms with E-state index in [9.17, 15) is 0 Å². The number of fused-ring (bicyclic) bond motifs is 1. The van der Waals surface area contributed by atoms with Gasteiger partial charge in [-0.2, -0.15) is 0 Å². The molecule has 0 radical (unpaired) electrons. The van der Waals surface area contributed by atoms with Gasteiger partial charge in [0.25, 0.3) is 0 Å². The van der Waals surface area contributed by atoms with Crippen molar-refractivity contribution in [2.24, 2.45) is 16.6 Å². The first kappa shape index (κ1) is 6.78. The van der Waals surface area contributed by atoms with Gasteiger partial charge in [-0.3, -0.25) is 10.7 Å².